The van der Waals surface area contributed by atoms with E-state index in [1.54, 1.807) is 18.3 Å². The fraction of sp³-hybridized carbons (Fsp3) is 0.100. The molecular formula is C20H15F4N5O. The number of nitrogens with zero attached hydrogens (tertiary/aromatic N) is 1. The lowest BCUT2D eigenvalue weighted by atomic mass is 10.0. The number of carbonyl (C=O) groups excluding carboxylic acids is 1. The van der Waals surface area contributed by atoms with E-state index in [9.17, 15) is 22.4 Å². The Morgan fingerprint density at radius 2 is 1.90 bits per heavy atom. The van der Waals surface area contributed by atoms with Crippen molar-refractivity contribution < 1.29 is 22.4 Å². The van der Waals surface area contributed by atoms with E-state index in [2.05, 4.69) is 15.6 Å². The van der Waals surface area contributed by atoms with E-state index < -0.39 is 29.3 Å². The Morgan fingerprint density at radius 3 is 2.53 bits per heavy atom. The number of anilines is 3. The number of nitrogens with two attached hydrogens (primary N) is 1. The minimum Gasteiger partial charge on any atom is -0.397 e. The smallest absolute Gasteiger partial charge is 0.397 e. The second kappa shape index (κ2) is 8.16. The number of benzene rings is 2. The van der Waals surface area contributed by atoms with E-state index in [0.717, 1.165) is 0 Å². The number of alkyl halides is 3. The quantitative estimate of drug-likeness (QED) is 0.442. The summed E-state index contributed by atoms with van der Waals surface area (Å²) in [7, 11) is 0. The zero-order valence-corrected chi connectivity index (χ0v) is 15.3. The van der Waals surface area contributed by atoms with Gasteiger partial charge in [0.2, 0.25) is 0 Å². The maximum absolute atomic E-state index is 13.8. The number of hydrogen-bond donors (Lipinski definition) is 4. The van der Waals surface area contributed by atoms with Crippen molar-refractivity contribution in [3.05, 3.63) is 65.6 Å². The Bertz CT molecular complexity index is 1130. The van der Waals surface area contributed by atoms with Gasteiger partial charge in [-0.2, -0.15) is 18.4 Å². The van der Waals surface area contributed by atoms with E-state index in [1.807, 2.05) is 6.07 Å². The predicted octanol–water partition coefficient (Wildman–Crippen LogP) is 5.13. The second-order valence-electron chi connectivity index (χ2n) is 6.29. The molecule has 0 aliphatic carbocycles. The van der Waals surface area contributed by atoms with Crippen molar-refractivity contribution in [2.45, 2.75) is 12.6 Å². The molecule has 3 aromatic rings. The molecule has 0 atom stereocenters. The topological polar surface area (TPSA) is 107 Å². The zero-order chi connectivity index (χ0) is 21.9. The van der Waals surface area contributed by atoms with Crippen LogP contribution in [0.5, 0.6) is 0 Å². The van der Waals surface area contributed by atoms with Crippen LogP contribution >= 0.6 is 0 Å². The van der Waals surface area contributed by atoms with Gasteiger partial charge in [0.15, 0.2) is 0 Å². The van der Waals surface area contributed by atoms with Crippen molar-refractivity contribution in [1.82, 2.24) is 4.98 Å². The van der Waals surface area contributed by atoms with Gasteiger partial charge >= 0.3 is 12.2 Å². The Kier molecular flexibility index (Phi) is 5.64. The first kappa shape index (κ1) is 20.7. The molecule has 0 unspecified atom stereocenters. The maximum atomic E-state index is 13.8. The summed E-state index contributed by atoms with van der Waals surface area (Å²) < 4.78 is 52.2. The number of urea groups is 1. The average Bonchev–Trinajstić information content (AvgIpc) is 3.09. The molecule has 6 nitrogen and oxygen atoms in total. The van der Waals surface area contributed by atoms with E-state index in [0.29, 0.717) is 40.7 Å². The average molecular weight is 417 g/mol. The molecule has 0 aliphatic heterocycles. The second-order valence-corrected chi connectivity index (χ2v) is 6.29. The van der Waals surface area contributed by atoms with E-state index in [1.165, 1.54) is 12.1 Å². The van der Waals surface area contributed by atoms with Gasteiger partial charge in [0.25, 0.3) is 0 Å². The van der Waals surface area contributed by atoms with Crippen molar-refractivity contribution in [2.75, 3.05) is 16.4 Å². The number of rotatable bonds is 4. The zero-order valence-electron chi connectivity index (χ0n) is 15.3. The molecule has 0 bridgehead atoms. The maximum Gasteiger partial charge on any atom is 0.416 e. The lowest BCUT2D eigenvalue weighted by molar-refractivity contribution is -0.137. The summed E-state index contributed by atoms with van der Waals surface area (Å²) >= 11 is 0. The first-order chi connectivity index (χ1) is 14.2. The largest absolute Gasteiger partial charge is 0.416 e. The third kappa shape index (κ3) is 4.52. The number of H-pyrrole nitrogens is 1. The highest BCUT2D eigenvalue weighted by Crippen LogP contribution is 2.32. The number of aromatic amines is 1. The highest BCUT2D eigenvalue weighted by atomic mass is 19.4. The van der Waals surface area contributed by atoms with Gasteiger partial charge in [-0.15, -0.1) is 0 Å². The Balaban J connectivity index is 1.82. The van der Waals surface area contributed by atoms with Crippen LogP contribution in [0.4, 0.5) is 39.4 Å². The normalized spacial score (nSPS) is 11.0. The third-order valence-corrected chi connectivity index (χ3v) is 4.22. The van der Waals surface area contributed by atoms with Crippen LogP contribution < -0.4 is 16.4 Å². The minimum absolute atomic E-state index is 0.0210. The molecule has 2 aromatic carbocycles. The molecule has 0 spiro atoms. The Morgan fingerprint density at radius 1 is 1.13 bits per heavy atom. The predicted molar refractivity (Wildman–Crippen MR) is 104 cm³/mol. The molecule has 0 saturated heterocycles. The van der Waals surface area contributed by atoms with Gasteiger partial charge < -0.3 is 21.4 Å². The van der Waals surface area contributed by atoms with Crippen LogP contribution in [-0.2, 0) is 12.6 Å². The van der Waals surface area contributed by atoms with Crippen molar-refractivity contribution in [3.63, 3.8) is 0 Å². The summed E-state index contributed by atoms with van der Waals surface area (Å²) in [5.41, 5.74) is 6.76. The summed E-state index contributed by atoms with van der Waals surface area (Å²) in [5.74, 6) is -1.01. The molecule has 1 heterocycles. The van der Waals surface area contributed by atoms with Crippen molar-refractivity contribution >= 4 is 23.1 Å². The van der Waals surface area contributed by atoms with Gasteiger partial charge in [0.05, 0.1) is 35.1 Å². The van der Waals surface area contributed by atoms with Crippen molar-refractivity contribution in [3.8, 4) is 17.3 Å². The fourth-order valence-electron chi connectivity index (χ4n) is 2.84. The minimum atomic E-state index is -4.68. The van der Waals surface area contributed by atoms with E-state index in [4.69, 9.17) is 11.0 Å². The Labute approximate surface area is 168 Å². The monoisotopic (exact) mass is 417 g/mol. The van der Waals surface area contributed by atoms with Gasteiger partial charge in [-0.05, 0) is 42.0 Å². The molecular weight excluding hydrogens is 402 g/mol. The van der Waals surface area contributed by atoms with Crippen molar-refractivity contribution in [2.24, 2.45) is 0 Å². The number of halogens is 4. The Hall–Kier alpha value is -4.00. The van der Waals surface area contributed by atoms with Gasteiger partial charge in [0.1, 0.15) is 5.82 Å². The number of amides is 2. The molecule has 30 heavy (non-hydrogen) atoms. The number of hydrogen-bond acceptors (Lipinski definition) is 3. The lowest BCUT2D eigenvalue weighted by Gasteiger charge is -2.13. The van der Waals surface area contributed by atoms with Crippen LogP contribution in [0.1, 0.15) is 11.1 Å². The lowest BCUT2D eigenvalue weighted by Crippen LogP contribution is -2.20. The number of carbonyl (C=O) groups is 1. The van der Waals surface area contributed by atoms with Crippen molar-refractivity contribution in [1.29, 1.82) is 5.26 Å². The van der Waals surface area contributed by atoms with Crippen LogP contribution in [-0.4, -0.2) is 11.0 Å². The number of nitrogens with one attached hydrogen (secondary N) is 3. The summed E-state index contributed by atoms with van der Waals surface area (Å²) in [6.45, 7) is 0. The summed E-state index contributed by atoms with van der Waals surface area (Å²) in [6.07, 6.45) is -3.01. The molecule has 5 N–H and O–H groups in total. The van der Waals surface area contributed by atoms with Gasteiger partial charge in [-0.1, -0.05) is 6.07 Å². The molecule has 2 amide bonds. The molecule has 10 heteroatoms. The number of aromatic nitrogens is 1. The van der Waals surface area contributed by atoms with Crippen LogP contribution in [0, 0.1) is 17.1 Å². The molecule has 1 aromatic heterocycles. The molecule has 0 fully saturated rings. The standard InChI is InChI=1S/C20H15F4N5O/c21-15-4-1-12(20(22,23)24)10-17(15)29-19(30)28-13-2-3-14(11(9-13)5-7-25)18-16(26)6-8-27-18/h1-4,6,8-10,27H,5,26H2,(H2,28,29,30). The molecule has 0 saturated carbocycles. The van der Waals surface area contributed by atoms with Crippen LogP contribution in [0.15, 0.2) is 48.7 Å². The van der Waals surface area contributed by atoms with Gasteiger partial charge in [-0.3, -0.25) is 0 Å². The summed E-state index contributed by atoms with van der Waals surface area (Å²) in [5, 5.41) is 13.5. The van der Waals surface area contributed by atoms with E-state index >= 15 is 0 Å². The highest BCUT2D eigenvalue weighted by molar-refractivity contribution is 6.00. The number of nitrogen functional groups attached to an aromatic ring is 1. The molecule has 0 aliphatic rings. The van der Waals surface area contributed by atoms with Gasteiger partial charge in [0, 0.05) is 17.4 Å². The van der Waals surface area contributed by atoms with Crippen LogP contribution in [0.2, 0.25) is 0 Å². The molecule has 154 valence electrons. The SMILES string of the molecule is N#CCc1cc(NC(=O)Nc2cc(C(F)(F)F)ccc2F)ccc1-c1[nH]ccc1N. The number of nitriles is 1. The van der Waals surface area contributed by atoms with Gasteiger partial charge in [-0.25, -0.2) is 9.18 Å². The van der Waals surface area contributed by atoms with Crippen LogP contribution in [0.25, 0.3) is 11.3 Å². The highest BCUT2D eigenvalue weighted by Gasteiger charge is 2.31. The fourth-order valence-corrected chi connectivity index (χ4v) is 2.84. The summed E-state index contributed by atoms with van der Waals surface area (Å²) in [6, 6.07) is 9.14. The van der Waals surface area contributed by atoms with E-state index in [-0.39, 0.29) is 12.1 Å². The first-order valence-electron chi connectivity index (χ1n) is 8.57. The van der Waals surface area contributed by atoms with Crippen LogP contribution in [0.3, 0.4) is 0 Å². The molecule has 3 rings (SSSR count). The first-order valence-corrected chi connectivity index (χ1v) is 8.57. The molecule has 0 radical (unpaired) electrons. The third-order valence-electron chi connectivity index (χ3n) is 4.22. The summed E-state index contributed by atoms with van der Waals surface area (Å²) in [4.78, 5) is 15.1.